The van der Waals surface area contributed by atoms with Gasteiger partial charge in [0.2, 0.25) is 5.91 Å². The predicted octanol–water partition coefficient (Wildman–Crippen LogP) is 6.69. The number of aromatic nitrogens is 2. The molecular formula is C29H30ClN3O2. The molecule has 0 spiro atoms. The van der Waals surface area contributed by atoms with E-state index < -0.39 is 0 Å². The molecule has 1 saturated heterocycles. The smallest absolute Gasteiger partial charge is 0.227 e. The lowest BCUT2D eigenvalue weighted by molar-refractivity contribution is -0.117. The second-order valence-corrected chi connectivity index (χ2v) is 9.81. The van der Waals surface area contributed by atoms with Crippen LogP contribution in [-0.2, 0) is 11.3 Å². The third-order valence-corrected chi connectivity index (χ3v) is 6.80. The van der Waals surface area contributed by atoms with Gasteiger partial charge < -0.3 is 14.2 Å². The highest BCUT2D eigenvalue weighted by molar-refractivity contribution is 6.30. The van der Waals surface area contributed by atoms with Crippen LogP contribution in [0.5, 0.6) is 5.75 Å². The van der Waals surface area contributed by atoms with E-state index in [1.807, 2.05) is 47.4 Å². The first-order chi connectivity index (χ1) is 17.0. The van der Waals surface area contributed by atoms with Gasteiger partial charge in [0.15, 0.2) is 0 Å². The van der Waals surface area contributed by atoms with Crippen molar-refractivity contribution < 1.29 is 9.53 Å². The van der Waals surface area contributed by atoms with Gasteiger partial charge in [-0.3, -0.25) is 4.79 Å². The second kappa shape index (κ2) is 10.1. The molecule has 2 heterocycles. The minimum atomic E-state index is 0.0529. The SMILES string of the molecule is Cc1cc(C)cc(OCCCCn2c(C3CC(=O)N(c4ccc(Cl)cc4)C3)nc3ccccc32)c1. The number of nitrogens with zero attached hydrogens (tertiary/aromatic N) is 3. The monoisotopic (exact) mass is 487 g/mol. The number of anilines is 1. The van der Waals surface area contributed by atoms with E-state index in [0.717, 1.165) is 47.7 Å². The van der Waals surface area contributed by atoms with E-state index in [1.54, 1.807) is 0 Å². The lowest BCUT2D eigenvalue weighted by Gasteiger charge is -2.17. The zero-order valence-electron chi connectivity index (χ0n) is 20.2. The number of imidazole rings is 1. The average Bonchev–Trinajstić information content (AvgIpc) is 3.39. The number of unbranched alkanes of at least 4 members (excludes halogenated alkanes) is 1. The fourth-order valence-electron chi connectivity index (χ4n) is 4.97. The number of aryl methyl sites for hydroxylation is 3. The summed E-state index contributed by atoms with van der Waals surface area (Å²) in [6.45, 7) is 6.33. The van der Waals surface area contributed by atoms with Crippen molar-refractivity contribution in [3.05, 3.63) is 88.7 Å². The normalized spacial score (nSPS) is 15.8. The molecule has 1 atom stereocenters. The van der Waals surface area contributed by atoms with Crippen molar-refractivity contribution in [1.29, 1.82) is 0 Å². The van der Waals surface area contributed by atoms with Crippen LogP contribution in [-0.4, -0.2) is 28.6 Å². The number of halogens is 1. The molecule has 3 aromatic carbocycles. The lowest BCUT2D eigenvalue weighted by atomic mass is 10.1. The fraction of sp³-hybridized carbons (Fsp3) is 0.310. The summed E-state index contributed by atoms with van der Waals surface area (Å²) >= 11 is 6.04. The number of fused-ring (bicyclic) bond motifs is 1. The molecule has 1 unspecified atom stereocenters. The van der Waals surface area contributed by atoms with Gasteiger partial charge in [0, 0.05) is 36.1 Å². The number of para-hydroxylation sites is 2. The van der Waals surface area contributed by atoms with Crippen molar-refractivity contribution in [2.24, 2.45) is 0 Å². The van der Waals surface area contributed by atoms with Crippen LogP contribution < -0.4 is 9.64 Å². The van der Waals surface area contributed by atoms with Gasteiger partial charge in [-0.25, -0.2) is 4.98 Å². The van der Waals surface area contributed by atoms with Crippen molar-refractivity contribution in [2.45, 2.75) is 45.6 Å². The Hall–Kier alpha value is -3.31. The molecule has 5 nitrogen and oxygen atoms in total. The Morgan fingerprint density at radius 2 is 1.74 bits per heavy atom. The van der Waals surface area contributed by atoms with E-state index in [2.05, 4.69) is 42.7 Å². The Morgan fingerprint density at radius 1 is 1.00 bits per heavy atom. The largest absolute Gasteiger partial charge is 0.494 e. The highest BCUT2D eigenvalue weighted by Crippen LogP contribution is 2.33. The molecule has 1 aromatic heterocycles. The molecule has 4 aromatic rings. The molecule has 0 bridgehead atoms. The van der Waals surface area contributed by atoms with Crippen LogP contribution in [0.3, 0.4) is 0 Å². The molecule has 1 aliphatic rings. The molecule has 0 aliphatic carbocycles. The highest BCUT2D eigenvalue weighted by atomic mass is 35.5. The lowest BCUT2D eigenvalue weighted by Crippen LogP contribution is -2.24. The molecule has 0 saturated carbocycles. The maximum Gasteiger partial charge on any atom is 0.227 e. The number of carbonyl (C=O) groups excluding carboxylic acids is 1. The van der Waals surface area contributed by atoms with Crippen LogP contribution in [0.1, 0.15) is 42.1 Å². The molecule has 180 valence electrons. The van der Waals surface area contributed by atoms with E-state index >= 15 is 0 Å². The standard InChI is InChI=1S/C29H30ClN3O2/c1-20-15-21(2)17-25(16-20)35-14-6-5-13-32-27-8-4-3-7-26(27)31-29(32)22-18-28(34)33(19-22)24-11-9-23(30)10-12-24/h3-4,7-12,15-17,22H,5-6,13-14,18-19H2,1-2H3. The van der Waals surface area contributed by atoms with E-state index in [0.29, 0.717) is 24.6 Å². The molecule has 1 amide bonds. The Balaban J connectivity index is 1.28. The minimum Gasteiger partial charge on any atom is -0.494 e. The minimum absolute atomic E-state index is 0.0529. The van der Waals surface area contributed by atoms with Crippen LogP contribution in [0, 0.1) is 13.8 Å². The third-order valence-electron chi connectivity index (χ3n) is 6.55. The number of ether oxygens (including phenoxy) is 1. The van der Waals surface area contributed by atoms with E-state index in [1.165, 1.54) is 11.1 Å². The highest BCUT2D eigenvalue weighted by Gasteiger charge is 2.34. The number of amides is 1. The summed E-state index contributed by atoms with van der Waals surface area (Å²) in [6, 6.07) is 22.0. The number of carbonyl (C=O) groups is 1. The number of hydrogen-bond donors (Lipinski definition) is 0. The third kappa shape index (κ3) is 5.20. The summed E-state index contributed by atoms with van der Waals surface area (Å²) in [5.41, 5.74) is 5.41. The first-order valence-electron chi connectivity index (χ1n) is 12.2. The fourth-order valence-corrected chi connectivity index (χ4v) is 5.10. The van der Waals surface area contributed by atoms with Crippen molar-refractivity contribution in [1.82, 2.24) is 9.55 Å². The van der Waals surface area contributed by atoms with E-state index in [-0.39, 0.29) is 11.8 Å². The summed E-state index contributed by atoms with van der Waals surface area (Å²) in [6.07, 6.45) is 2.38. The van der Waals surface area contributed by atoms with Crippen molar-refractivity contribution in [3.63, 3.8) is 0 Å². The van der Waals surface area contributed by atoms with Gasteiger partial charge in [-0.2, -0.15) is 0 Å². The summed E-state index contributed by atoms with van der Waals surface area (Å²) in [4.78, 5) is 19.7. The first kappa shape index (κ1) is 23.4. The maximum absolute atomic E-state index is 12.9. The quantitative estimate of drug-likeness (QED) is 0.260. The second-order valence-electron chi connectivity index (χ2n) is 9.37. The average molecular weight is 488 g/mol. The van der Waals surface area contributed by atoms with Crippen molar-refractivity contribution >= 4 is 34.2 Å². The van der Waals surface area contributed by atoms with Gasteiger partial charge in [0.05, 0.1) is 17.6 Å². The molecule has 5 rings (SSSR count). The molecule has 35 heavy (non-hydrogen) atoms. The summed E-state index contributed by atoms with van der Waals surface area (Å²) in [5, 5.41) is 0.667. The van der Waals surface area contributed by atoms with Gasteiger partial charge >= 0.3 is 0 Å². The van der Waals surface area contributed by atoms with E-state index in [9.17, 15) is 4.79 Å². The molecule has 1 fully saturated rings. The van der Waals surface area contributed by atoms with Gasteiger partial charge in [0.1, 0.15) is 11.6 Å². The molecule has 1 aliphatic heterocycles. The Morgan fingerprint density at radius 3 is 2.51 bits per heavy atom. The number of benzene rings is 3. The van der Waals surface area contributed by atoms with Crippen molar-refractivity contribution in [3.8, 4) is 5.75 Å². The summed E-state index contributed by atoms with van der Waals surface area (Å²) < 4.78 is 8.31. The van der Waals surface area contributed by atoms with Crippen LogP contribution >= 0.6 is 11.6 Å². The molecule has 0 N–H and O–H groups in total. The summed E-state index contributed by atoms with van der Waals surface area (Å²) in [5.74, 6) is 2.10. The molecular weight excluding hydrogens is 458 g/mol. The van der Waals surface area contributed by atoms with E-state index in [4.69, 9.17) is 21.3 Å². The van der Waals surface area contributed by atoms with Crippen LogP contribution in [0.4, 0.5) is 5.69 Å². The predicted molar refractivity (Wildman–Crippen MR) is 142 cm³/mol. The number of rotatable bonds is 8. The Bertz CT molecular complexity index is 1330. The van der Waals surface area contributed by atoms with Crippen LogP contribution in [0.25, 0.3) is 11.0 Å². The van der Waals surface area contributed by atoms with Gasteiger partial charge in [-0.05, 0) is 86.3 Å². The van der Waals surface area contributed by atoms with Gasteiger partial charge in [-0.15, -0.1) is 0 Å². The topological polar surface area (TPSA) is 47.4 Å². The molecule has 6 heteroatoms. The van der Waals surface area contributed by atoms with Crippen molar-refractivity contribution in [2.75, 3.05) is 18.1 Å². The van der Waals surface area contributed by atoms with Gasteiger partial charge in [-0.1, -0.05) is 29.8 Å². The summed E-state index contributed by atoms with van der Waals surface area (Å²) in [7, 11) is 0. The zero-order chi connectivity index (χ0) is 24.4. The van der Waals surface area contributed by atoms with Crippen LogP contribution in [0.2, 0.25) is 5.02 Å². The Labute approximate surface area is 211 Å². The number of hydrogen-bond acceptors (Lipinski definition) is 3. The zero-order valence-corrected chi connectivity index (χ0v) is 21.0. The first-order valence-corrected chi connectivity index (χ1v) is 12.6. The van der Waals surface area contributed by atoms with Gasteiger partial charge in [0.25, 0.3) is 0 Å². The van der Waals surface area contributed by atoms with Crippen LogP contribution in [0.15, 0.2) is 66.7 Å². The Kier molecular flexibility index (Phi) is 6.78. The molecule has 0 radical (unpaired) electrons. The maximum atomic E-state index is 12.9.